The van der Waals surface area contributed by atoms with Crippen molar-refractivity contribution in [3.8, 4) is 0 Å². The van der Waals surface area contributed by atoms with Gasteiger partial charge in [0.15, 0.2) is 5.60 Å². The quantitative estimate of drug-likeness (QED) is 0.561. The lowest BCUT2D eigenvalue weighted by Crippen LogP contribution is -2.79. The van der Waals surface area contributed by atoms with E-state index in [2.05, 4.69) is 11.9 Å². The second-order valence-electron chi connectivity index (χ2n) is 5.29. The van der Waals surface area contributed by atoms with Crippen molar-refractivity contribution in [2.24, 2.45) is 11.8 Å². The topological polar surface area (TPSA) is 75.6 Å². The van der Waals surface area contributed by atoms with E-state index in [4.69, 9.17) is 4.74 Å². The van der Waals surface area contributed by atoms with Crippen molar-refractivity contribution in [3.63, 3.8) is 0 Å². The van der Waals surface area contributed by atoms with Gasteiger partial charge in [0.2, 0.25) is 11.4 Å². The minimum Gasteiger partial charge on any atom is -0.453 e. The summed E-state index contributed by atoms with van der Waals surface area (Å²) in [5, 5.41) is 13.0. The number of hydrogen-bond acceptors (Lipinski definition) is 4. The van der Waals surface area contributed by atoms with Gasteiger partial charge < -0.3 is 15.2 Å². The van der Waals surface area contributed by atoms with E-state index < -0.39 is 29.1 Å². The minimum absolute atomic E-state index is 0.235. The van der Waals surface area contributed by atoms with E-state index >= 15 is 0 Å². The van der Waals surface area contributed by atoms with Gasteiger partial charge in [-0.1, -0.05) is 19.9 Å². The van der Waals surface area contributed by atoms with Crippen LogP contribution < -0.4 is 5.32 Å². The van der Waals surface area contributed by atoms with Crippen LogP contribution in [-0.2, 0) is 14.3 Å². The Hall–Kier alpha value is -1.36. The first kappa shape index (κ1) is 13.1. The zero-order chi connectivity index (χ0) is 13.7. The Kier molecular flexibility index (Phi) is 2.77. The molecule has 0 aromatic carbocycles. The SMILES string of the molecule is C=CC(C)C(O)[C@@]12NC(=O)C(CC)[C@]1(C)OC2=O. The summed E-state index contributed by atoms with van der Waals surface area (Å²) in [5.41, 5.74) is -2.29. The van der Waals surface area contributed by atoms with Crippen molar-refractivity contribution in [2.75, 3.05) is 0 Å². The number of nitrogens with one attached hydrogen (secondary N) is 1. The van der Waals surface area contributed by atoms with Crippen molar-refractivity contribution in [3.05, 3.63) is 12.7 Å². The van der Waals surface area contributed by atoms with Crippen LogP contribution in [0.4, 0.5) is 0 Å². The van der Waals surface area contributed by atoms with Crippen molar-refractivity contribution in [1.82, 2.24) is 5.32 Å². The monoisotopic (exact) mass is 253 g/mol. The third-order valence-electron chi connectivity index (χ3n) is 4.43. The number of rotatable bonds is 4. The molecule has 2 aliphatic rings. The highest BCUT2D eigenvalue weighted by atomic mass is 16.6. The molecule has 5 atom stereocenters. The summed E-state index contributed by atoms with van der Waals surface area (Å²) in [4.78, 5) is 23.8. The zero-order valence-electron chi connectivity index (χ0n) is 10.9. The number of carbonyl (C=O) groups is 2. The number of fused-ring (bicyclic) bond motifs is 1. The zero-order valence-corrected chi connectivity index (χ0v) is 10.9. The first-order valence-corrected chi connectivity index (χ1v) is 6.21. The first-order chi connectivity index (χ1) is 8.35. The predicted octanol–water partition coefficient (Wildman–Crippen LogP) is 0.380. The van der Waals surface area contributed by atoms with Crippen LogP contribution in [0, 0.1) is 11.8 Å². The van der Waals surface area contributed by atoms with Gasteiger partial charge in [0.05, 0.1) is 12.0 Å². The van der Waals surface area contributed by atoms with Gasteiger partial charge in [0.1, 0.15) is 0 Å². The molecule has 0 bridgehead atoms. The Bertz CT molecular complexity index is 421. The number of hydrogen-bond donors (Lipinski definition) is 2. The minimum atomic E-state index is -1.32. The van der Waals surface area contributed by atoms with Crippen LogP contribution in [0.25, 0.3) is 0 Å². The van der Waals surface area contributed by atoms with Crippen LogP contribution in [0.5, 0.6) is 0 Å². The molecule has 3 unspecified atom stereocenters. The fourth-order valence-corrected chi connectivity index (χ4v) is 3.15. The molecular formula is C13H19NO4. The van der Waals surface area contributed by atoms with Crippen molar-refractivity contribution >= 4 is 11.9 Å². The summed E-state index contributed by atoms with van der Waals surface area (Å²) < 4.78 is 5.23. The molecule has 0 aliphatic carbocycles. The van der Waals surface area contributed by atoms with Crippen molar-refractivity contribution in [1.29, 1.82) is 0 Å². The van der Waals surface area contributed by atoms with E-state index in [0.717, 1.165) is 0 Å². The molecule has 0 radical (unpaired) electrons. The normalized spacial score (nSPS) is 41.2. The van der Waals surface area contributed by atoms with Gasteiger partial charge in [-0.15, -0.1) is 6.58 Å². The van der Waals surface area contributed by atoms with E-state index in [1.165, 1.54) is 0 Å². The van der Waals surface area contributed by atoms with Gasteiger partial charge in [0.25, 0.3) is 0 Å². The van der Waals surface area contributed by atoms with Gasteiger partial charge in [-0.3, -0.25) is 4.79 Å². The van der Waals surface area contributed by atoms with Gasteiger partial charge in [-0.2, -0.15) is 0 Å². The van der Waals surface area contributed by atoms with E-state index in [0.29, 0.717) is 6.42 Å². The molecule has 2 aliphatic heterocycles. The van der Waals surface area contributed by atoms with E-state index in [1.807, 2.05) is 6.92 Å². The summed E-state index contributed by atoms with van der Waals surface area (Å²) in [6, 6.07) is 0. The number of aliphatic hydroxyl groups is 1. The second-order valence-corrected chi connectivity index (χ2v) is 5.29. The smallest absolute Gasteiger partial charge is 0.339 e. The summed E-state index contributed by atoms with van der Waals surface area (Å²) in [5.74, 6) is -1.52. The Morgan fingerprint density at radius 3 is 2.67 bits per heavy atom. The molecule has 18 heavy (non-hydrogen) atoms. The molecule has 0 aromatic heterocycles. The molecule has 2 rings (SSSR count). The number of esters is 1. The van der Waals surface area contributed by atoms with Crippen LogP contribution in [0.3, 0.4) is 0 Å². The lowest BCUT2D eigenvalue weighted by atomic mass is 9.66. The van der Waals surface area contributed by atoms with Crippen LogP contribution in [0.1, 0.15) is 27.2 Å². The predicted molar refractivity (Wildman–Crippen MR) is 64.5 cm³/mol. The molecule has 2 fully saturated rings. The maximum atomic E-state index is 12.0. The molecular weight excluding hydrogens is 234 g/mol. The first-order valence-electron chi connectivity index (χ1n) is 6.21. The summed E-state index contributed by atoms with van der Waals surface area (Å²) in [7, 11) is 0. The third-order valence-corrected chi connectivity index (χ3v) is 4.43. The van der Waals surface area contributed by atoms with Gasteiger partial charge in [-0.25, -0.2) is 4.79 Å². The standard InChI is InChI=1S/C13H19NO4/c1-5-7(3)9(15)13-11(17)18-12(13,4)8(6-2)10(16)14-13/h5,7-9,15H,1,6H2,2-4H3,(H,14,16)/t7?,8?,9?,12-,13-/m0/s1. The van der Waals surface area contributed by atoms with Crippen LogP contribution in [0.2, 0.25) is 0 Å². The molecule has 0 aromatic rings. The van der Waals surface area contributed by atoms with Crippen LogP contribution >= 0.6 is 0 Å². The molecule has 5 heteroatoms. The largest absolute Gasteiger partial charge is 0.453 e. The van der Waals surface area contributed by atoms with E-state index in [-0.39, 0.29) is 11.8 Å². The summed E-state index contributed by atoms with van der Waals surface area (Å²) in [6.45, 7) is 8.94. The lowest BCUT2D eigenvalue weighted by Gasteiger charge is -2.54. The molecule has 2 heterocycles. The van der Waals surface area contributed by atoms with Gasteiger partial charge in [0, 0.05) is 5.92 Å². The van der Waals surface area contributed by atoms with Crippen molar-refractivity contribution in [2.45, 2.75) is 44.4 Å². The average Bonchev–Trinajstić information content (AvgIpc) is 2.51. The Labute approximate surface area is 106 Å². The Morgan fingerprint density at radius 1 is 1.61 bits per heavy atom. The maximum absolute atomic E-state index is 12.0. The Balaban J connectivity index is 2.44. The third kappa shape index (κ3) is 1.20. The average molecular weight is 253 g/mol. The fourth-order valence-electron chi connectivity index (χ4n) is 3.15. The fraction of sp³-hybridized carbons (Fsp3) is 0.692. The van der Waals surface area contributed by atoms with Gasteiger partial charge >= 0.3 is 5.97 Å². The van der Waals surface area contributed by atoms with Gasteiger partial charge in [-0.05, 0) is 13.3 Å². The highest BCUT2D eigenvalue weighted by Gasteiger charge is 2.79. The molecule has 0 saturated carbocycles. The Morgan fingerprint density at radius 2 is 2.22 bits per heavy atom. The van der Waals surface area contributed by atoms with Crippen molar-refractivity contribution < 1.29 is 19.4 Å². The molecule has 1 amide bonds. The molecule has 100 valence electrons. The number of aliphatic hydroxyl groups excluding tert-OH is 1. The maximum Gasteiger partial charge on any atom is 0.339 e. The highest BCUT2D eigenvalue weighted by molar-refractivity contribution is 6.01. The van der Waals surface area contributed by atoms with Crippen LogP contribution in [0.15, 0.2) is 12.7 Å². The van der Waals surface area contributed by atoms with E-state index in [9.17, 15) is 14.7 Å². The number of carbonyl (C=O) groups excluding carboxylic acids is 2. The molecule has 5 nitrogen and oxygen atoms in total. The molecule has 2 saturated heterocycles. The van der Waals surface area contributed by atoms with E-state index in [1.54, 1.807) is 19.9 Å². The molecule has 2 N–H and O–H groups in total. The highest BCUT2D eigenvalue weighted by Crippen LogP contribution is 2.52. The van der Waals surface area contributed by atoms with Crippen LogP contribution in [-0.4, -0.2) is 34.2 Å². The molecule has 0 spiro atoms. The number of amides is 1. The summed E-state index contributed by atoms with van der Waals surface area (Å²) in [6.07, 6.45) is 1.10. The lowest BCUT2D eigenvalue weighted by molar-refractivity contribution is -0.237. The summed E-state index contributed by atoms with van der Waals surface area (Å²) >= 11 is 0. The second kappa shape index (κ2) is 3.82. The number of ether oxygens (including phenoxy) is 1.